The molecule has 0 radical (unpaired) electrons. The van der Waals surface area contributed by atoms with Crippen LogP contribution in [-0.4, -0.2) is 6.04 Å². The fourth-order valence-corrected chi connectivity index (χ4v) is 0.708. The lowest BCUT2D eigenvalue weighted by Gasteiger charge is -2.18. The van der Waals surface area contributed by atoms with Crippen molar-refractivity contribution in [3.8, 4) is 0 Å². The normalized spacial score (nSPS) is 17.4. The van der Waals surface area contributed by atoms with Gasteiger partial charge in [-0.25, -0.2) is 0 Å². The summed E-state index contributed by atoms with van der Waals surface area (Å²) < 4.78 is 0. The zero-order valence-corrected chi connectivity index (χ0v) is 7.72. The first-order valence-electron chi connectivity index (χ1n) is 4.37. The number of rotatable bonds is 2. The van der Waals surface area contributed by atoms with E-state index in [4.69, 9.17) is 17.3 Å². The third kappa shape index (κ3) is 4.98. The molecule has 0 heterocycles. The van der Waals surface area contributed by atoms with Gasteiger partial charge in [-0.3, -0.25) is 5.84 Å². The lowest BCUT2D eigenvalue weighted by Crippen LogP contribution is -2.27. The van der Waals surface area contributed by atoms with Crippen LogP contribution in [0.3, 0.4) is 0 Å². The molecule has 0 amide bonds. The maximum absolute atomic E-state index is 5.38. The molecule has 7 N–H and O–H groups in total. The monoisotopic (exact) mass is 172 g/mol. The number of nitrogens with two attached hydrogens (primary N) is 3. The maximum atomic E-state index is 5.38. The molecule has 1 aliphatic carbocycles. The van der Waals surface area contributed by atoms with E-state index in [-0.39, 0.29) is 0 Å². The van der Waals surface area contributed by atoms with Crippen LogP contribution in [0.4, 0.5) is 0 Å². The minimum Gasteiger partial charge on any atom is -0.403 e. The van der Waals surface area contributed by atoms with Gasteiger partial charge in [-0.2, -0.15) is 0 Å². The van der Waals surface area contributed by atoms with Crippen LogP contribution in [-0.2, 0) is 0 Å². The van der Waals surface area contributed by atoms with E-state index in [1.807, 2.05) is 6.92 Å². The summed E-state index contributed by atoms with van der Waals surface area (Å²) in [6.07, 6.45) is 6.20. The molecule has 12 heavy (non-hydrogen) atoms. The number of hydrogen-bond donors (Lipinski definition) is 4. The van der Waals surface area contributed by atoms with Crippen molar-refractivity contribution >= 4 is 0 Å². The average molecular weight is 172 g/mol. The Balaban J connectivity index is 0.000000211. The molecule has 1 aliphatic rings. The van der Waals surface area contributed by atoms with Gasteiger partial charge < -0.3 is 16.9 Å². The predicted octanol–water partition coefficient (Wildman–Crippen LogP) is 0.157. The highest BCUT2D eigenvalue weighted by Crippen LogP contribution is 2.14. The minimum atomic E-state index is 0.565. The Hall–Kier alpha value is -0.740. The molecule has 0 aliphatic heterocycles. The fourth-order valence-electron chi connectivity index (χ4n) is 0.708. The Morgan fingerprint density at radius 3 is 2.08 bits per heavy atom. The molecule has 0 aromatic heterocycles. The van der Waals surface area contributed by atoms with Crippen molar-refractivity contribution in [2.75, 3.05) is 0 Å². The van der Waals surface area contributed by atoms with Crippen LogP contribution >= 0.6 is 0 Å². The molecule has 4 heteroatoms. The smallest absolute Gasteiger partial charge is 0.0410 e. The van der Waals surface area contributed by atoms with Crippen LogP contribution in [0.2, 0.25) is 0 Å². The van der Waals surface area contributed by atoms with Gasteiger partial charge in [0.2, 0.25) is 0 Å². The fraction of sp³-hybridized carbons (Fsp3) is 0.750. The highest BCUT2D eigenvalue weighted by atomic mass is 15.2. The summed E-state index contributed by atoms with van der Waals surface area (Å²) in [4.78, 5) is 0. The number of allylic oxidation sites excluding steroid dienone is 1. The molecule has 72 valence electrons. The van der Waals surface area contributed by atoms with E-state index in [2.05, 4.69) is 5.43 Å². The molecule has 1 saturated carbocycles. The van der Waals surface area contributed by atoms with Crippen molar-refractivity contribution in [2.45, 2.75) is 38.6 Å². The Labute approximate surface area is 74.1 Å². The van der Waals surface area contributed by atoms with Crippen LogP contribution in [0.5, 0.6) is 0 Å². The second-order valence-electron chi connectivity index (χ2n) is 2.88. The second-order valence-corrected chi connectivity index (χ2v) is 2.88. The van der Waals surface area contributed by atoms with Crippen LogP contribution in [0.1, 0.15) is 32.6 Å². The quantitative estimate of drug-likeness (QED) is 0.353. The number of hydrazine groups is 1. The minimum absolute atomic E-state index is 0.565. The summed E-state index contributed by atoms with van der Waals surface area (Å²) in [6, 6.07) is 0.565. The summed E-state index contributed by atoms with van der Waals surface area (Å²) in [5.74, 6) is 5.00. The molecule has 4 nitrogen and oxygen atoms in total. The predicted molar refractivity (Wildman–Crippen MR) is 51.7 cm³/mol. The van der Waals surface area contributed by atoms with Crippen LogP contribution in [0.15, 0.2) is 11.9 Å². The zero-order chi connectivity index (χ0) is 9.40. The first-order valence-corrected chi connectivity index (χ1v) is 4.37. The van der Waals surface area contributed by atoms with E-state index >= 15 is 0 Å². The van der Waals surface area contributed by atoms with E-state index in [1.54, 1.807) is 0 Å². The SMILES string of the molecule is CC/C(=C/N)NN.NC1CCC1. The van der Waals surface area contributed by atoms with Gasteiger partial charge in [0.25, 0.3) is 0 Å². The van der Waals surface area contributed by atoms with Crippen molar-refractivity contribution in [3.63, 3.8) is 0 Å². The highest BCUT2D eigenvalue weighted by Gasteiger charge is 2.09. The van der Waals surface area contributed by atoms with Crippen molar-refractivity contribution in [1.82, 2.24) is 5.43 Å². The molecule has 0 unspecified atom stereocenters. The topological polar surface area (TPSA) is 90.1 Å². The summed E-state index contributed by atoms with van der Waals surface area (Å²) in [5, 5.41) is 0. The Kier molecular flexibility index (Phi) is 6.51. The Morgan fingerprint density at radius 1 is 1.58 bits per heavy atom. The zero-order valence-electron chi connectivity index (χ0n) is 7.72. The summed E-state index contributed by atoms with van der Waals surface area (Å²) in [7, 11) is 0. The average Bonchev–Trinajstić information content (AvgIpc) is 2.05. The van der Waals surface area contributed by atoms with E-state index < -0.39 is 0 Å². The summed E-state index contributed by atoms with van der Waals surface area (Å²) >= 11 is 0. The number of nitrogens with one attached hydrogen (secondary N) is 1. The van der Waals surface area contributed by atoms with Crippen molar-refractivity contribution in [1.29, 1.82) is 0 Å². The van der Waals surface area contributed by atoms with E-state index in [9.17, 15) is 0 Å². The first kappa shape index (κ1) is 11.3. The largest absolute Gasteiger partial charge is 0.403 e. The van der Waals surface area contributed by atoms with Gasteiger partial charge in [0, 0.05) is 17.9 Å². The molecule has 0 spiro atoms. The van der Waals surface area contributed by atoms with Gasteiger partial charge in [-0.15, -0.1) is 0 Å². The van der Waals surface area contributed by atoms with Gasteiger partial charge in [-0.1, -0.05) is 13.3 Å². The standard InChI is InChI=1S/C4H11N3.C4H9N/c1-2-4(3-5)7-6;5-4-2-1-3-4/h3,7H,2,5-6H2,1H3;4H,1-3,5H2/b4-3-;. The van der Waals surface area contributed by atoms with Gasteiger partial charge >= 0.3 is 0 Å². The van der Waals surface area contributed by atoms with Crippen molar-refractivity contribution in [3.05, 3.63) is 11.9 Å². The van der Waals surface area contributed by atoms with E-state index in [1.165, 1.54) is 25.5 Å². The summed E-state index contributed by atoms with van der Waals surface area (Å²) in [6.45, 7) is 1.97. The maximum Gasteiger partial charge on any atom is 0.0410 e. The third-order valence-corrected chi connectivity index (χ3v) is 1.92. The second kappa shape index (κ2) is 6.94. The molecule has 0 aromatic rings. The van der Waals surface area contributed by atoms with Crippen LogP contribution < -0.4 is 22.7 Å². The molecule has 0 bridgehead atoms. The highest BCUT2D eigenvalue weighted by molar-refractivity contribution is 4.92. The lowest BCUT2D eigenvalue weighted by atomic mass is 9.95. The molecule has 1 rings (SSSR count). The Bertz CT molecular complexity index is 123. The first-order chi connectivity index (χ1) is 5.74. The van der Waals surface area contributed by atoms with Gasteiger partial charge in [0.1, 0.15) is 0 Å². The molecular weight excluding hydrogens is 152 g/mol. The third-order valence-electron chi connectivity index (χ3n) is 1.92. The molecule has 0 saturated heterocycles. The Morgan fingerprint density at radius 2 is 2.08 bits per heavy atom. The van der Waals surface area contributed by atoms with Crippen molar-refractivity contribution in [2.24, 2.45) is 17.3 Å². The summed E-state index contributed by atoms with van der Waals surface area (Å²) in [5.41, 5.74) is 13.8. The molecular formula is C8H20N4. The van der Waals surface area contributed by atoms with Gasteiger partial charge in [0.05, 0.1) is 0 Å². The molecule has 0 atom stereocenters. The van der Waals surface area contributed by atoms with Crippen LogP contribution in [0, 0.1) is 0 Å². The van der Waals surface area contributed by atoms with Gasteiger partial charge in [0.15, 0.2) is 0 Å². The lowest BCUT2D eigenvalue weighted by molar-refractivity contribution is 0.418. The van der Waals surface area contributed by atoms with Gasteiger partial charge in [-0.05, 0) is 19.3 Å². The van der Waals surface area contributed by atoms with E-state index in [0.29, 0.717) is 6.04 Å². The molecule has 0 aromatic carbocycles. The molecule has 1 fully saturated rings. The van der Waals surface area contributed by atoms with Crippen molar-refractivity contribution < 1.29 is 0 Å². The van der Waals surface area contributed by atoms with Crippen LogP contribution in [0.25, 0.3) is 0 Å². The van der Waals surface area contributed by atoms with E-state index in [0.717, 1.165) is 12.1 Å². The number of hydrogen-bond acceptors (Lipinski definition) is 4.